The molecule has 154 valence electrons. The predicted molar refractivity (Wildman–Crippen MR) is 114 cm³/mol. The van der Waals surface area contributed by atoms with Crippen LogP contribution in [0, 0.1) is 5.82 Å². The Bertz CT molecular complexity index is 1490. The minimum absolute atomic E-state index is 0.289. The number of hydrogen-bond donors (Lipinski definition) is 1. The van der Waals surface area contributed by atoms with Crippen molar-refractivity contribution in [1.82, 2.24) is 23.8 Å². The van der Waals surface area contributed by atoms with Gasteiger partial charge >= 0.3 is 5.69 Å². The van der Waals surface area contributed by atoms with Gasteiger partial charge in [-0.25, -0.2) is 22.8 Å². The molecule has 3 heterocycles. The van der Waals surface area contributed by atoms with E-state index >= 15 is 0 Å². The second-order valence-corrected chi connectivity index (χ2v) is 7.29. The molecule has 0 saturated heterocycles. The number of halogens is 2. The van der Waals surface area contributed by atoms with Crippen LogP contribution in [0.4, 0.5) is 10.1 Å². The van der Waals surface area contributed by atoms with Crippen LogP contribution in [0.5, 0.6) is 0 Å². The summed E-state index contributed by atoms with van der Waals surface area (Å²) in [6.07, 6.45) is 3.19. The number of carbonyl (C=O) groups is 1. The van der Waals surface area contributed by atoms with Crippen molar-refractivity contribution in [3.63, 3.8) is 0 Å². The molecule has 0 fully saturated rings. The number of carbonyl (C=O) groups excluding carboxylic acids is 1. The summed E-state index contributed by atoms with van der Waals surface area (Å²) in [6.45, 7) is -0.289. The molecule has 3 aromatic heterocycles. The zero-order chi connectivity index (χ0) is 21.5. The molecule has 31 heavy (non-hydrogen) atoms. The molecule has 0 spiro atoms. The highest BCUT2D eigenvalue weighted by molar-refractivity contribution is 6.30. The zero-order valence-corrected chi connectivity index (χ0v) is 16.6. The first-order valence-electron chi connectivity index (χ1n) is 9.27. The summed E-state index contributed by atoms with van der Waals surface area (Å²) in [5.41, 5.74) is 2.51. The van der Waals surface area contributed by atoms with Gasteiger partial charge in [-0.05, 0) is 42.5 Å². The molecule has 10 heteroatoms. The summed E-state index contributed by atoms with van der Waals surface area (Å²) in [6, 6.07) is 14.4. The quantitative estimate of drug-likeness (QED) is 0.468. The summed E-state index contributed by atoms with van der Waals surface area (Å²) in [5, 5.41) is 12.1. The van der Waals surface area contributed by atoms with Crippen LogP contribution in [-0.4, -0.2) is 29.7 Å². The molecule has 1 N–H and O–H groups in total. The number of benzene rings is 2. The lowest BCUT2D eigenvalue weighted by molar-refractivity contribution is -0.117. The number of anilines is 1. The van der Waals surface area contributed by atoms with Crippen molar-refractivity contribution >= 4 is 34.4 Å². The van der Waals surface area contributed by atoms with Gasteiger partial charge in [0.05, 0.1) is 5.69 Å². The van der Waals surface area contributed by atoms with Crippen LogP contribution in [0.1, 0.15) is 0 Å². The summed E-state index contributed by atoms with van der Waals surface area (Å²) >= 11 is 5.95. The fourth-order valence-corrected chi connectivity index (χ4v) is 3.39. The van der Waals surface area contributed by atoms with Crippen LogP contribution in [-0.2, 0) is 11.3 Å². The van der Waals surface area contributed by atoms with Gasteiger partial charge < -0.3 is 5.32 Å². The van der Waals surface area contributed by atoms with Gasteiger partial charge in [0.2, 0.25) is 5.91 Å². The van der Waals surface area contributed by atoms with E-state index in [0.29, 0.717) is 27.6 Å². The van der Waals surface area contributed by atoms with E-state index in [2.05, 4.69) is 15.5 Å². The minimum Gasteiger partial charge on any atom is -0.324 e. The van der Waals surface area contributed by atoms with Gasteiger partial charge in [-0.15, -0.1) is 5.10 Å². The van der Waals surface area contributed by atoms with Crippen molar-refractivity contribution in [2.45, 2.75) is 6.54 Å². The zero-order valence-electron chi connectivity index (χ0n) is 15.9. The number of aromatic nitrogens is 5. The van der Waals surface area contributed by atoms with Crippen LogP contribution in [0.15, 0.2) is 71.8 Å². The molecule has 0 radical (unpaired) electrons. The SMILES string of the molecule is O=C(Cn1nc2c3cc(-c4ccc(Cl)cc4)nn3ccn2c1=O)Nc1ccc(F)cc1. The van der Waals surface area contributed by atoms with E-state index in [1.165, 1.54) is 28.7 Å². The van der Waals surface area contributed by atoms with Crippen LogP contribution in [0.2, 0.25) is 5.02 Å². The molecule has 0 bridgehead atoms. The maximum atomic E-state index is 13.0. The van der Waals surface area contributed by atoms with E-state index in [1.807, 2.05) is 18.2 Å². The Morgan fingerprint density at radius 3 is 2.52 bits per heavy atom. The molecule has 0 aliphatic carbocycles. The average molecular weight is 437 g/mol. The number of nitrogens with one attached hydrogen (secondary N) is 1. The lowest BCUT2D eigenvalue weighted by Gasteiger charge is -2.04. The summed E-state index contributed by atoms with van der Waals surface area (Å²) in [5.74, 6) is -0.860. The van der Waals surface area contributed by atoms with Gasteiger partial charge in [0.15, 0.2) is 5.65 Å². The average Bonchev–Trinajstić information content (AvgIpc) is 3.32. The molecule has 0 unspecified atom stereocenters. The summed E-state index contributed by atoms with van der Waals surface area (Å²) in [7, 11) is 0. The molecule has 5 aromatic rings. The van der Waals surface area contributed by atoms with Crippen LogP contribution >= 0.6 is 11.6 Å². The number of nitrogens with zero attached hydrogens (tertiary/aromatic N) is 5. The highest BCUT2D eigenvalue weighted by Crippen LogP contribution is 2.23. The fourth-order valence-electron chi connectivity index (χ4n) is 3.27. The normalized spacial score (nSPS) is 11.3. The molecule has 5 rings (SSSR count). The monoisotopic (exact) mass is 436 g/mol. The maximum Gasteiger partial charge on any atom is 0.350 e. The summed E-state index contributed by atoms with van der Waals surface area (Å²) < 4.78 is 17.1. The molecule has 2 aromatic carbocycles. The van der Waals surface area contributed by atoms with E-state index in [9.17, 15) is 14.0 Å². The Balaban J connectivity index is 1.48. The molecule has 0 atom stereocenters. The smallest absolute Gasteiger partial charge is 0.324 e. The predicted octanol–water partition coefficient (Wildman–Crippen LogP) is 3.24. The van der Waals surface area contributed by atoms with Crippen molar-refractivity contribution in [3.05, 3.63) is 88.3 Å². The number of hydrogen-bond acceptors (Lipinski definition) is 4. The van der Waals surface area contributed by atoms with Crippen LogP contribution in [0.25, 0.3) is 22.4 Å². The van der Waals surface area contributed by atoms with Crippen LogP contribution < -0.4 is 11.0 Å². The van der Waals surface area contributed by atoms with Crippen molar-refractivity contribution in [2.24, 2.45) is 0 Å². The molecule has 0 aliphatic rings. The topological polar surface area (TPSA) is 85.7 Å². The largest absolute Gasteiger partial charge is 0.350 e. The Labute approximate surface area is 179 Å². The van der Waals surface area contributed by atoms with Gasteiger partial charge in [-0.2, -0.15) is 5.10 Å². The van der Waals surface area contributed by atoms with Crippen molar-refractivity contribution in [1.29, 1.82) is 0 Å². The van der Waals surface area contributed by atoms with Crippen LogP contribution in [0.3, 0.4) is 0 Å². The molecule has 0 saturated carbocycles. The molecule has 8 nitrogen and oxygen atoms in total. The van der Waals surface area contributed by atoms with Gasteiger partial charge in [0.25, 0.3) is 0 Å². The van der Waals surface area contributed by atoms with Gasteiger partial charge in [0.1, 0.15) is 17.9 Å². The number of fused-ring (bicyclic) bond motifs is 3. The molecule has 1 amide bonds. The Kier molecular flexibility index (Phi) is 4.52. The highest BCUT2D eigenvalue weighted by Gasteiger charge is 2.15. The third-order valence-electron chi connectivity index (χ3n) is 4.75. The van der Waals surface area contributed by atoms with Crippen molar-refractivity contribution in [2.75, 3.05) is 5.32 Å². The Morgan fingerprint density at radius 2 is 1.77 bits per heavy atom. The van der Waals surface area contributed by atoms with E-state index < -0.39 is 17.4 Å². The Hall–Kier alpha value is -3.98. The highest BCUT2D eigenvalue weighted by atomic mass is 35.5. The first-order chi connectivity index (χ1) is 15.0. The number of amides is 1. The molecular formula is C21H14ClFN6O2. The molecular weight excluding hydrogens is 423 g/mol. The third kappa shape index (κ3) is 3.55. The van der Waals surface area contributed by atoms with Gasteiger partial charge in [-0.3, -0.25) is 4.79 Å². The lowest BCUT2D eigenvalue weighted by atomic mass is 10.1. The minimum atomic E-state index is -0.457. The van der Waals surface area contributed by atoms with E-state index in [4.69, 9.17) is 11.6 Å². The standard InChI is InChI=1S/C21H14ClFN6O2/c22-14-3-1-13(2-4-14)17-11-18-20-26-29(21(31)27(20)9-10-28(18)25-17)12-19(30)24-16-7-5-15(23)6-8-16/h1-11H,12H2,(H,24,30). The van der Waals surface area contributed by atoms with Crippen molar-refractivity contribution < 1.29 is 9.18 Å². The van der Waals surface area contributed by atoms with Gasteiger partial charge in [-0.1, -0.05) is 23.7 Å². The first-order valence-corrected chi connectivity index (χ1v) is 9.65. The summed E-state index contributed by atoms with van der Waals surface area (Å²) in [4.78, 5) is 25.0. The molecule has 0 aliphatic heterocycles. The Morgan fingerprint density at radius 1 is 1.03 bits per heavy atom. The third-order valence-corrected chi connectivity index (χ3v) is 5.01. The lowest BCUT2D eigenvalue weighted by Crippen LogP contribution is -2.28. The number of rotatable bonds is 4. The van der Waals surface area contributed by atoms with E-state index in [-0.39, 0.29) is 6.54 Å². The van der Waals surface area contributed by atoms with E-state index in [0.717, 1.165) is 10.2 Å². The fraction of sp³-hybridized carbons (Fsp3) is 0.0476. The first kappa shape index (κ1) is 19.0. The van der Waals surface area contributed by atoms with E-state index in [1.54, 1.807) is 29.0 Å². The maximum absolute atomic E-state index is 13.0. The second-order valence-electron chi connectivity index (χ2n) is 6.85. The second kappa shape index (κ2) is 7.37. The van der Waals surface area contributed by atoms with Crippen molar-refractivity contribution in [3.8, 4) is 11.3 Å². The van der Waals surface area contributed by atoms with Gasteiger partial charge in [0, 0.05) is 28.7 Å².